The van der Waals surface area contributed by atoms with Crippen molar-refractivity contribution in [3.8, 4) is 5.75 Å². The number of aromatic amines is 1. The van der Waals surface area contributed by atoms with Crippen LogP contribution in [-0.4, -0.2) is 46.5 Å². The molecule has 1 aromatic heterocycles. The maximum atomic E-state index is 12.9. The monoisotopic (exact) mass is 432 g/mol. The van der Waals surface area contributed by atoms with Crippen LogP contribution in [0.2, 0.25) is 0 Å². The highest BCUT2D eigenvalue weighted by atomic mass is 16.5. The van der Waals surface area contributed by atoms with Gasteiger partial charge in [-0.2, -0.15) is 0 Å². The van der Waals surface area contributed by atoms with E-state index in [0.29, 0.717) is 23.1 Å². The first-order chi connectivity index (χ1) is 15.5. The fourth-order valence-corrected chi connectivity index (χ4v) is 4.83. The summed E-state index contributed by atoms with van der Waals surface area (Å²) < 4.78 is 6.48. The van der Waals surface area contributed by atoms with E-state index in [1.807, 2.05) is 42.5 Å². The van der Waals surface area contributed by atoms with Gasteiger partial charge in [0.2, 0.25) is 5.91 Å². The Morgan fingerprint density at radius 1 is 1.19 bits per heavy atom. The number of nitrogens with zero attached hydrogens (tertiary/aromatic N) is 2. The van der Waals surface area contributed by atoms with Gasteiger partial charge in [0.05, 0.1) is 16.9 Å². The molecule has 1 amide bonds. The molecule has 1 atom stereocenters. The SMILES string of the molecule is CN1CCC2(CC1)C[C@H](NC(=O)CCc1nc3ccccc3c(=O)[nH]1)c1ccccc1O2. The molecule has 32 heavy (non-hydrogen) atoms. The molecule has 5 rings (SSSR count). The highest BCUT2D eigenvalue weighted by Gasteiger charge is 2.43. The summed E-state index contributed by atoms with van der Waals surface area (Å²) >= 11 is 0. The summed E-state index contributed by atoms with van der Waals surface area (Å²) in [7, 11) is 2.13. The quantitative estimate of drug-likeness (QED) is 0.662. The molecule has 7 nitrogen and oxygen atoms in total. The molecule has 0 unspecified atom stereocenters. The molecule has 7 heteroatoms. The van der Waals surface area contributed by atoms with Crippen LogP contribution in [0.4, 0.5) is 0 Å². The number of ether oxygens (including phenoxy) is 1. The Balaban J connectivity index is 1.29. The molecule has 0 saturated carbocycles. The lowest BCUT2D eigenvalue weighted by atomic mass is 9.80. The van der Waals surface area contributed by atoms with Gasteiger partial charge >= 0.3 is 0 Å². The number of hydrogen-bond donors (Lipinski definition) is 2. The van der Waals surface area contributed by atoms with E-state index in [-0.39, 0.29) is 29.5 Å². The molecule has 3 aromatic rings. The Kier molecular flexibility index (Phi) is 5.43. The van der Waals surface area contributed by atoms with E-state index in [4.69, 9.17) is 4.74 Å². The third kappa shape index (κ3) is 4.12. The minimum Gasteiger partial charge on any atom is -0.487 e. The van der Waals surface area contributed by atoms with E-state index in [1.54, 1.807) is 6.07 Å². The molecule has 0 bridgehead atoms. The average molecular weight is 433 g/mol. The lowest BCUT2D eigenvalue weighted by Gasteiger charge is -2.46. The minimum atomic E-state index is -0.232. The predicted octanol–water partition coefficient (Wildman–Crippen LogP) is 2.96. The van der Waals surface area contributed by atoms with Crippen molar-refractivity contribution in [1.82, 2.24) is 20.2 Å². The fourth-order valence-electron chi connectivity index (χ4n) is 4.83. The van der Waals surface area contributed by atoms with Crippen LogP contribution in [0.3, 0.4) is 0 Å². The van der Waals surface area contributed by atoms with Crippen LogP contribution in [0.25, 0.3) is 10.9 Å². The predicted molar refractivity (Wildman–Crippen MR) is 123 cm³/mol. The largest absolute Gasteiger partial charge is 0.487 e. The van der Waals surface area contributed by atoms with Gasteiger partial charge in [-0.15, -0.1) is 0 Å². The van der Waals surface area contributed by atoms with Crippen LogP contribution in [0, 0.1) is 0 Å². The first-order valence-corrected chi connectivity index (χ1v) is 11.3. The van der Waals surface area contributed by atoms with E-state index in [0.717, 1.165) is 43.7 Å². The van der Waals surface area contributed by atoms with Gasteiger partial charge in [0.25, 0.3) is 5.56 Å². The number of aryl methyl sites for hydroxylation is 1. The van der Waals surface area contributed by atoms with E-state index in [2.05, 4.69) is 27.2 Å². The minimum absolute atomic E-state index is 0.0504. The Morgan fingerprint density at radius 2 is 1.94 bits per heavy atom. The van der Waals surface area contributed by atoms with Crippen LogP contribution in [0.15, 0.2) is 53.3 Å². The molecule has 3 heterocycles. The first-order valence-electron chi connectivity index (χ1n) is 11.3. The van der Waals surface area contributed by atoms with Gasteiger partial charge in [-0.1, -0.05) is 30.3 Å². The lowest BCUT2D eigenvalue weighted by Crippen LogP contribution is -2.51. The van der Waals surface area contributed by atoms with Crippen molar-refractivity contribution in [2.24, 2.45) is 0 Å². The Morgan fingerprint density at radius 3 is 2.78 bits per heavy atom. The van der Waals surface area contributed by atoms with E-state index in [9.17, 15) is 9.59 Å². The topological polar surface area (TPSA) is 87.3 Å². The second-order valence-electron chi connectivity index (χ2n) is 8.98. The lowest BCUT2D eigenvalue weighted by molar-refractivity contribution is -0.122. The average Bonchev–Trinajstić information content (AvgIpc) is 2.80. The number of fused-ring (bicyclic) bond motifs is 2. The number of rotatable bonds is 4. The van der Waals surface area contributed by atoms with E-state index < -0.39 is 0 Å². The number of carbonyl (C=O) groups is 1. The fraction of sp³-hybridized carbons (Fsp3) is 0.400. The highest BCUT2D eigenvalue weighted by molar-refractivity contribution is 5.78. The molecule has 1 saturated heterocycles. The van der Waals surface area contributed by atoms with Gasteiger partial charge in [-0.3, -0.25) is 9.59 Å². The summed E-state index contributed by atoms with van der Waals surface area (Å²) in [5.41, 5.74) is 1.27. The van der Waals surface area contributed by atoms with Gasteiger partial charge in [-0.25, -0.2) is 4.98 Å². The molecule has 2 aliphatic heterocycles. The van der Waals surface area contributed by atoms with E-state index in [1.165, 1.54) is 0 Å². The summed E-state index contributed by atoms with van der Waals surface area (Å²) in [6.45, 7) is 1.98. The molecule has 1 fully saturated rings. The number of nitrogens with one attached hydrogen (secondary N) is 2. The standard InChI is InChI=1S/C25H28N4O3/c1-29-14-12-25(13-15-29)16-20(17-6-3-5-9-21(17)32-25)27-23(30)11-10-22-26-19-8-4-2-7-18(19)24(31)28-22/h2-9,20H,10-16H2,1H3,(H,27,30)(H,26,28,31)/t20-/m0/s1. The molecule has 0 aliphatic carbocycles. The Labute approximate surface area is 186 Å². The van der Waals surface area contributed by atoms with Gasteiger partial charge in [0.15, 0.2) is 0 Å². The number of aromatic nitrogens is 2. The molecule has 1 spiro atoms. The smallest absolute Gasteiger partial charge is 0.258 e. The highest BCUT2D eigenvalue weighted by Crippen LogP contribution is 2.44. The molecule has 166 valence electrons. The van der Waals surface area contributed by atoms with Crippen molar-refractivity contribution in [3.05, 3.63) is 70.3 Å². The van der Waals surface area contributed by atoms with Gasteiger partial charge in [0, 0.05) is 37.9 Å². The summed E-state index contributed by atoms with van der Waals surface area (Å²) in [5, 5.41) is 3.79. The molecule has 2 aliphatic rings. The summed E-state index contributed by atoms with van der Waals surface area (Å²) in [6, 6.07) is 15.1. The second-order valence-corrected chi connectivity index (χ2v) is 8.98. The molecular formula is C25H28N4O3. The number of hydrogen-bond acceptors (Lipinski definition) is 5. The van der Waals surface area contributed by atoms with Crippen molar-refractivity contribution in [2.75, 3.05) is 20.1 Å². The second kappa shape index (κ2) is 8.39. The normalized spacial score (nSPS) is 20.0. The number of benzene rings is 2. The summed E-state index contributed by atoms with van der Waals surface area (Å²) in [6.07, 6.45) is 3.32. The molecule has 0 radical (unpaired) electrons. The zero-order valence-electron chi connectivity index (χ0n) is 18.3. The maximum absolute atomic E-state index is 12.9. The molecule has 2 aromatic carbocycles. The zero-order valence-corrected chi connectivity index (χ0v) is 18.3. The van der Waals surface area contributed by atoms with Crippen molar-refractivity contribution in [1.29, 1.82) is 0 Å². The molecule has 2 N–H and O–H groups in total. The number of carbonyl (C=O) groups excluding carboxylic acids is 1. The first kappa shape index (κ1) is 20.7. The third-order valence-corrected chi connectivity index (χ3v) is 6.68. The number of piperidine rings is 1. The number of likely N-dealkylation sites (tertiary alicyclic amines) is 1. The van der Waals surface area contributed by atoms with Crippen LogP contribution in [0.5, 0.6) is 5.75 Å². The van der Waals surface area contributed by atoms with Crippen LogP contribution < -0.4 is 15.6 Å². The molecular weight excluding hydrogens is 404 g/mol. The maximum Gasteiger partial charge on any atom is 0.258 e. The van der Waals surface area contributed by atoms with Crippen molar-refractivity contribution < 1.29 is 9.53 Å². The van der Waals surface area contributed by atoms with Gasteiger partial charge in [0.1, 0.15) is 17.2 Å². The summed E-state index contributed by atoms with van der Waals surface area (Å²) in [5.74, 6) is 1.35. The third-order valence-electron chi connectivity index (χ3n) is 6.68. The van der Waals surface area contributed by atoms with Crippen LogP contribution in [0.1, 0.15) is 43.1 Å². The van der Waals surface area contributed by atoms with Crippen molar-refractivity contribution >= 4 is 16.8 Å². The van der Waals surface area contributed by atoms with E-state index >= 15 is 0 Å². The Bertz CT molecular complexity index is 1200. The van der Waals surface area contributed by atoms with Gasteiger partial charge < -0.3 is 19.9 Å². The zero-order chi connectivity index (χ0) is 22.1. The Hall–Kier alpha value is -3.19. The van der Waals surface area contributed by atoms with Crippen LogP contribution in [-0.2, 0) is 11.2 Å². The van der Waals surface area contributed by atoms with Gasteiger partial charge in [-0.05, 0) is 38.1 Å². The number of H-pyrrole nitrogens is 1. The van der Waals surface area contributed by atoms with Crippen LogP contribution >= 0.6 is 0 Å². The van der Waals surface area contributed by atoms with Crippen molar-refractivity contribution in [3.63, 3.8) is 0 Å². The number of amides is 1. The summed E-state index contributed by atoms with van der Waals surface area (Å²) in [4.78, 5) is 34.8. The van der Waals surface area contributed by atoms with Crippen molar-refractivity contribution in [2.45, 2.75) is 43.7 Å². The number of para-hydroxylation sites is 2.